The number of nitrogen functional groups attached to an aromatic ring is 1. The summed E-state index contributed by atoms with van der Waals surface area (Å²) < 4.78 is 5.20. The zero-order chi connectivity index (χ0) is 12.4. The molecule has 0 atom stereocenters. The second-order valence-corrected chi connectivity index (χ2v) is 4.65. The van der Waals surface area contributed by atoms with Crippen molar-refractivity contribution in [3.8, 4) is 0 Å². The monoisotopic (exact) mass is 248 g/mol. The minimum atomic E-state index is -0.485. The molecule has 5 heteroatoms. The van der Waals surface area contributed by atoms with Crippen LogP contribution < -0.4 is 11.5 Å². The molecule has 88 valence electrons. The molecule has 17 heavy (non-hydrogen) atoms. The molecule has 4 N–H and O–H groups in total. The van der Waals surface area contributed by atoms with E-state index < -0.39 is 5.91 Å². The fraction of sp³-hybridized carbons (Fsp3) is 0.0833. The van der Waals surface area contributed by atoms with E-state index in [1.165, 1.54) is 11.8 Å². The molecule has 0 radical (unpaired) electrons. The Labute approximate surface area is 103 Å². The molecule has 1 amide bonds. The number of furan rings is 1. The van der Waals surface area contributed by atoms with Crippen molar-refractivity contribution in [2.45, 2.75) is 16.7 Å². The zero-order valence-corrected chi connectivity index (χ0v) is 10.1. The Hall–Kier alpha value is -1.88. The second kappa shape index (κ2) is 4.55. The van der Waals surface area contributed by atoms with Crippen molar-refractivity contribution in [1.29, 1.82) is 0 Å². The van der Waals surface area contributed by atoms with E-state index >= 15 is 0 Å². The molecule has 2 aromatic rings. The van der Waals surface area contributed by atoms with E-state index in [1.54, 1.807) is 24.5 Å². The summed E-state index contributed by atoms with van der Waals surface area (Å²) in [6.07, 6.45) is 1.61. The van der Waals surface area contributed by atoms with Crippen LogP contribution in [0.4, 0.5) is 5.69 Å². The van der Waals surface area contributed by atoms with Crippen molar-refractivity contribution in [2.24, 2.45) is 5.73 Å². The van der Waals surface area contributed by atoms with Crippen molar-refractivity contribution in [3.05, 3.63) is 41.9 Å². The summed E-state index contributed by atoms with van der Waals surface area (Å²) in [5, 5.41) is 0. The van der Waals surface area contributed by atoms with E-state index in [4.69, 9.17) is 15.9 Å². The van der Waals surface area contributed by atoms with Crippen molar-refractivity contribution in [3.63, 3.8) is 0 Å². The number of aryl methyl sites for hydroxylation is 1. The number of carbonyl (C=O) groups excluding carboxylic acids is 1. The minimum absolute atomic E-state index is 0.426. The minimum Gasteiger partial charge on any atom is -0.468 e. The van der Waals surface area contributed by atoms with Crippen LogP contribution in [0.5, 0.6) is 0 Å². The maximum atomic E-state index is 11.3. The fourth-order valence-corrected chi connectivity index (χ4v) is 2.38. The van der Waals surface area contributed by atoms with Gasteiger partial charge in [-0.15, -0.1) is 0 Å². The molecule has 1 heterocycles. The molecule has 2 rings (SSSR count). The molecule has 0 aliphatic rings. The molecule has 0 saturated heterocycles. The number of anilines is 1. The Kier molecular flexibility index (Phi) is 3.10. The Morgan fingerprint density at radius 2 is 2.06 bits per heavy atom. The van der Waals surface area contributed by atoms with Gasteiger partial charge in [-0.1, -0.05) is 11.8 Å². The van der Waals surface area contributed by atoms with Gasteiger partial charge in [-0.3, -0.25) is 4.79 Å². The van der Waals surface area contributed by atoms with Crippen LogP contribution in [0.25, 0.3) is 0 Å². The van der Waals surface area contributed by atoms with Crippen LogP contribution in [0.2, 0.25) is 0 Å². The maximum absolute atomic E-state index is 11.3. The first kappa shape index (κ1) is 11.6. The standard InChI is InChI=1S/C12H12N2O2S/c1-7-10(4-5-16-7)17-11-3-2-8(13)6-9(11)12(14)15/h2-6H,13H2,1H3,(H2,14,15). The predicted molar refractivity (Wildman–Crippen MR) is 66.9 cm³/mol. The van der Waals surface area contributed by atoms with Gasteiger partial charge in [0, 0.05) is 10.6 Å². The highest BCUT2D eigenvalue weighted by atomic mass is 32.2. The predicted octanol–water partition coefficient (Wildman–Crippen LogP) is 2.42. The van der Waals surface area contributed by atoms with Gasteiger partial charge in [-0.05, 0) is 31.2 Å². The highest BCUT2D eigenvalue weighted by Crippen LogP contribution is 2.33. The van der Waals surface area contributed by atoms with Gasteiger partial charge < -0.3 is 15.9 Å². The van der Waals surface area contributed by atoms with Gasteiger partial charge in [0.2, 0.25) is 5.91 Å². The Bertz CT molecular complexity index is 563. The van der Waals surface area contributed by atoms with Gasteiger partial charge >= 0.3 is 0 Å². The average molecular weight is 248 g/mol. The molecule has 0 unspecified atom stereocenters. The molecule has 0 aliphatic heterocycles. The van der Waals surface area contributed by atoms with E-state index in [0.29, 0.717) is 11.3 Å². The van der Waals surface area contributed by atoms with E-state index in [9.17, 15) is 4.79 Å². The number of amides is 1. The topological polar surface area (TPSA) is 82.2 Å². The Balaban J connectivity index is 2.39. The normalized spacial score (nSPS) is 10.4. The zero-order valence-electron chi connectivity index (χ0n) is 9.27. The quantitative estimate of drug-likeness (QED) is 0.817. The van der Waals surface area contributed by atoms with Crippen LogP contribution in [0.15, 0.2) is 44.7 Å². The number of primary amides is 1. The van der Waals surface area contributed by atoms with E-state index in [1.807, 2.05) is 13.0 Å². The lowest BCUT2D eigenvalue weighted by Gasteiger charge is -2.06. The average Bonchev–Trinajstić information content (AvgIpc) is 2.67. The molecule has 4 nitrogen and oxygen atoms in total. The SMILES string of the molecule is Cc1occc1Sc1ccc(N)cc1C(N)=O. The molecule has 1 aromatic heterocycles. The van der Waals surface area contributed by atoms with Crippen LogP contribution in [0, 0.1) is 6.92 Å². The highest BCUT2D eigenvalue weighted by molar-refractivity contribution is 7.99. The molecule has 0 bridgehead atoms. The number of hydrogen-bond donors (Lipinski definition) is 2. The van der Waals surface area contributed by atoms with E-state index in [-0.39, 0.29) is 0 Å². The first-order valence-electron chi connectivity index (χ1n) is 4.99. The van der Waals surface area contributed by atoms with E-state index in [0.717, 1.165) is 15.6 Å². The van der Waals surface area contributed by atoms with Gasteiger partial charge in [-0.25, -0.2) is 0 Å². The van der Waals surface area contributed by atoms with Gasteiger partial charge in [0.25, 0.3) is 0 Å². The first-order valence-corrected chi connectivity index (χ1v) is 5.81. The van der Waals surface area contributed by atoms with Crippen LogP contribution in [0.3, 0.4) is 0 Å². The summed E-state index contributed by atoms with van der Waals surface area (Å²) in [4.78, 5) is 13.0. The van der Waals surface area contributed by atoms with Crippen LogP contribution in [-0.2, 0) is 0 Å². The first-order chi connectivity index (χ1) is 8.08. The molecular formula is C12H12N2O2S. The molecule has 0 spiro atoms. The number of carbonyl (C=O) groups is 1. The number of benzene rings is 1. The molecule has 0 saturated carbocycles. The Morgan fingerprint density at radius 3 is 2.65 bits per heavy atom. The third-order valence-corrected chi connectivity index (χ3v) is 3.52. The van der Waals surface area contributed by atoms with Crippen molar-refractivity contribution >= 4 is 23.4 Å². The molecular weight excluding hydrogens is 236 g/mol. The largest absolute Gasteiger partial charge is 0.468 e. The summed E-state index contributed by atoms with van der Waals surface area (Å²) in [6.45, 7) is 1.86. The lowest BCUT2D eigenvalue weighted by molar-refractivity contribution is 0.0997. The Morgan fingerprint density at radius 1 is 1.29 bits per heavy atom. The second-order valence-electron chi connectivity index (χ2n) is 3.56. The lowest BCUT2D eigenvalue weighted by atomic mass is 10.2. The van der Waals surface area contributed by atoms with Gasteiger partial charge in [0.05, 0.1) is 16.7 Å². The smallest absolute Gasteiger partial charge is 0.249 e. The van der Waals surface area contributed by atoms with Crippen LogP contribution >= 0.6 is 11.8 Å². The van der Waals surface area contributed by atoms with Crippen LogP contribution in [0.1, 0.15) is 16.1 Å². The number of nitrogens with two attached hydrogens (primary N) is 2. The fourth-order valence-electron chi connectivity index (χ4n) is 1.43. The summed E-state index contributed by atoms with van der Waals surface area (Å²) in [7, 11) is 0. The molecule has 0 aliphatic carbocycles. The van der Waals surface area contributed by atoms with Gasteiger partial charge in [-0.2, -0.15) is 0 Å². The summed E-state index contributed by atoms with van der Waals surface area (Å²) >= 11 is 1.43. The number of rotatable bonds is 3. The van der Waals surface area contributed by atoms with Crippen molar-refractivity contribution < 1.29 is 9.21 Å². The number of hydrogen-bond acceptors (Lipinski definition) is 4. The van der Waals surface area contributed by atoms with Crippen molar-refractivity contribution in [1.82, 2.24) is 0 Å². The molecule has 0 fully saturated rings. The summed E-state index contributed by atoms with van der Waals surface area (Å²) in [5.74, 6) is 0.322. The maximum Gasteiger partial charge on any atom is 0.249 e. The summed E-state index contributed by atoms with van der Waals surface area (Å²) in [5.41, 5.74) is 11.9. The highest BCUT2D eigenvalue weighted by Gasteiger charge is 2.12. The summed E-state index contributed by atoms with van der Waals surface area (Å²) in [6, 6.07) is 6.96. The third kappa shape index (κ3) is 2.45. The van der Waals surface area contributed by atoms with Crippen LogP contribution in [-0.4, -0.2) is 5.91 Å². The van der Waals surface area contributed by atoms with Gasteiger partial charge in [0.1, 0.15) is 5.76 Å². The third-order valence-electron chi connectivity index (χ3n) is 2.30. The van der Waals surface area contributed by atoms with Crippen molar-refractivity contribution in [2.75, 3.05) is 5.73 Å². The lowest BCUT2D eigenvalue weighted by Crippen LogP contribution is -2.12. The van der Waals surface area contributed by atoms with E-state index in [2.05, 4.69) is 0 Å². The molecule has 1 aromatic carbocycles. The van der Waals surface area contributed by atoms with Gasteiger partial charge in [0.15, 0.2) is 0 Å².